The maximum atomic E-state index is 5.69. The molecule has 0 fully saturated rings. The molecule has 2 rings (SSSR count). The quantitative estimate of drug-likeness (QED) is 0.772. The molecule has 0 atom stereocenters. The average molecular weight is 256 g/mol. The molecule has 0 saturated carbocycles. The van der Waals surface area contributed by atoms with E-state index in [1.807, 2.05) is 25.2 Å². The Labute approximate surface area is 114 Å². The van der Waals surface area contributed by atoms with Gasteiger partial charge >= 0.3 is 0 Å². The third-order valence-electron chi connectivity index (χ3n) is 2.95. The number of anilines is 1. The predicted octanol–water partition coefficient (Wildman–Crippen LogP) is 3.27. The molecule has 19 heavy (non-hydrogen) atoms. The van der Waals surface area contributed by atoms with Crippen LogP contribution in [0.15, 0.2) is 48.7 Å². The van der Waals surface area contributed by atoms with Gasteiger partial charge in [-0.05, 0) is 36.1 Å². The average Bonchev–Trinajstić information content (AvgIpc) is 2.48. The van der Waals surface area contributed by atoms with E-state index in [2.05, 4.69) is 34.6 Å². The number of benzene rings is 1. The lowest BCUT2D eigenvalue weighted by molar-refractivity contribution is 0.118. The van der Waals surface area contributed by atoms with Crippen molar-refractivity contribution in [1.29, 1.82) is 0 Å². The van der Waals surface area contributed by atoms with E-state index >= 15 is 0 Å². The van der Waals surface area contributed by atoms with Gasteiger partial charge < -0.3 is 10.1 Å². The maximum Gasteiger partial charge on any atom is 0.125 e. The Morgan fingerprint density at radius 2 is 1.95 bits per heavy atom. The van der Waals surface area contributed by atoms with Crippen LogP contribution in [-0.4, -0.2) is 18.6 Å². The number of ether oxygens (including phenoxy) is 1. The molecular weight excluding hydrogens is 236 g/mol. The SMILES string of the molecule is CNc1cc(COCCCc2ccccc2)ccn1. The minimum Gasteiger partial charge on any atom is -0.377 e. The molecule has 0 aliphatic carbocycles. The van der Waals surface area contributed by atoms with Crippen LogP contribution in [0.1, 0.15) is 17.5 Å². The summed E-state index contributed by atoms with van der Waals surface area (Å²) in [5.41, 5.74) is 2.52. The van der Waals surface area contributed by atoms with Crippen molar-refractivity contribution >= 4 is 5.82 Å². The molecule has 100 valence electrons. The van der Waals surface area contributed by atoms with Crippen molar-refractivity contribution in [2.24, 2.45) is 0 Å². The van der Waals surface area contributed by atoms with Gasteiger partial charge in [-0.15, -0.1) is 0 Å². The van der Waals surface area contributed by atoms with E-state index in [9.17, 15) is 0 Å². The summed E-state index contributed by atoms with van der Waals surface area (Å²) in [5.74, 6) is 0.880. The van der Waals surface area contributed by atoms with Gasteiger partial charge in [0.05, 0.1) is 6.61 Å². The third kappa shape index (κ3) is 4.72. The molecule has 2 aromatic rings. The number of hydrogen-bond acceptors (Lipinski definition) is 3. The first-order chi connectivity index (χ1) is 9.38. The second-order valence-electron chi connectivity index (χ2n) is 4.44. The number of nitrogens with zero attached hydrogens (tertiary/aromatic N) is 1. The Kier molecular flexibility index (Phi) is 5.38. The number of nitrogens with one attached hydrogen (secondary N) is 1. The van der Waals surface area contributed by atoms with Crippen molar-refractivity contribution in [3.05, 3.63) is 59.8 Å². The fraction of sp³-hybridized carbons (Fsp3) is 0.312. The van der Waals surface area contributed by atoms with Crippen LogP contribution in [-0.2, 0) is 17.8 Å². The second-order valence-corrected chi connectivity index (χ2v) is 4.44. The highest BCUT2D eigenvalue weighted by atomic mass is 16.5. The van der Waals surface area contributed by atoms with Crippen molar-refractivity contribution in [2.75, 3.05) is 19.0 Å². The summed E-state index contributed by atoms with van der Waals surface area (Å²) in [6.45, 7) is 1.43. The molecule has 0 radical (unpaired) electrons. The van der Waals surface area contributed by atoms with Crippen LogP contribution in [0.3, 0.4) is 0 Å². The smallest absolute Gasteiger partial charge is 0.125 e. The van der Waals surface area contributed by atoms with Crippen molar-refractivity contribution in [2.45, 2.75) is 19.4 Å². The van der Waals surface area contributed by atoms with Gasteiger partial charge in [-0.25, -0.2) is 4.98 Å². The molecule has 1 N–H and O–H groups in total. The molecule has 0 bridgehead atoms. The number of aryl methyl sites for hydroxylation is 1. The zero-order chi connectivity index (χ0) is 13.3. The largest absolute Gasteiger partial charge is 0.377 e. The van der Waals surface area contributed by atoms with Crippen LogP contribution in [0.5, 0.6) is 0 Å². The normalized spacial score (nSPS) is 10.4. The van der Waals surface area contributed by atoms with E-state index in [-0.39, 0.29) is 0 Å². The van der Waals surface area contributed by atoms with Gasteiger partial charge in [-0.1, -0.05) is 30.3 Å². The minimum absolute atomic E-state index is 0.645. The number of aromatic nitrogens is 1. The molecule has 1 heterocycles. The fourth-order valence-electron chi connectivity index (χ4n) is 1.91. The van der Waals surface area contributed by atoms with Crippen LogP contribution < -0.4 is 5.32 Å². The molecular formula is C16H20N2O. The summed E-state index contributed by atoms with van der Waals surface area (Å²) >= 11 is 0. The molecule has 0 spiro atoms. The van der Waals surface area contributed by atoms with E-state index in [0.29, 0.717) is 6.61 Å². The van der Waals surface area contributed by atoms with Crippen LogP contribution in [0.4, 0.5) is 5.82 Å². The fourth-order valence-corrected chi connectivity index (χ4v) is 1.91. The van der Waals surface area contributed by atoms with E-state index < -0.39 is 0 Å². The number of pyridine rings is 1. The lowest BCUT2D eigenvalue weighted by Crippen LogP contribution is -1.99. The highest BCUT2D eigenvalue weighted by molar-refractivity contribution is 5.36. The monoisotopic (exact) mass is 256 g/mol. The van der Waals surface area contributed by atoms with Gasteiger partial charge in [0.25, 0.3) is 0 Å². The zero-order valence-corrected chi connectivity index (χ0v) is 11.3. The molecule has 0 amide bonds. The molecule has 0 unspecified atom stereocenters. The zero-order valence-electron chi connectivity index (χ0n) is 11.3. The van der Waals surface area contributed by atoms with Gasteiger partial charge in [-0.3, -0.25) is 0 Å². The molecule has 1 aromatic heterocycles. The minimum atomic E-state index is 0.645. The Morgan fingerprint density at radius 3 is 2.74 bits per heavy atom. The standard InChI is InChI=1S/C16H20N2O/c1-17-16-12-15(9-10-18-16)13-19-11-5-8-14-6-3-2-4-7-14/h2-4,6-7,9-10,12H,5,8,11,13H2,1H3,(H,17,18). The lowest BCUT2D eigenvalue weighted by atomic mass is 10.1. The summed E-state index contributed by atoms with van der Waals surface area (Å²) in [7, 11) is 1.87. The third-order valence-corrected chi connectivity index (χ3v) is 2.95. The van der Waals surface area contributed by atoms with Crippen molar-refractivity contribution < 1.29 is 4.74 Å². The lowest BCUT2D eigenvalue weighted by Gasteiger charge is -2.06. The summed E-state index contributed by atoms with van der Waals surface area (Å²) in [4.78, 5) is 4.18. The van der Waals surface area contributed by atoms with Crippen LogP contribution in [0.2, 0.25) is 0 Å². The van der Waals surface area contributed by atoms with E-state index in [1.165, 1.54) is 5.56 Å². The Hall–Kier alpha value is -1.87. The summed E-state index contributed by atoms with van der Waals surface area (Å²) < 4.78 is 5.69. The Bertz CT molecular complexity index is 485. The van der Waals surface area contributed by atoms with E-state index in [0.717, 1.165) is 30.8 Å². The molecule has 3 heteroatoms. The molecule has 0 aliphatic heterocycles. The van der Waals surface area contributed by atoms with Crippen molar-refractivity contribution in [3.8, 4) is 0 Å². The summed E-state index contributed by atoms with van der Waals surface area (Å²) in [5, 5.41) is 3.02. The van der Waals surface area contributed by atoms with Crippen LogP contribution >= 0.6 is 0 Å². The second kappa shape index (κ2) is 7.54. The number of rotatable bonds is 7. The van der Waals surface area contributed by atoms with Gasteiger partial charge in [0.15, 0.2) is 0 Å². The first kappa shape index (κ1) is 13.6. The van der Waals surface area contributed by atoms with Crippen LogP contribution in [0.25, 0.3) is 0 Å². The van der Waals surface area contributed by atoms with Gasteiger partial charge in [0.2, 0.25) is 0 Å². The number of hydrogen-bond donors (Lipinski definition) is 1. The summed E-state index contributed by atoms with van der Waals surface area (Å²) in [6, 6.07) is 14.5. The van der Waals surface area contributed by atoms with E-state index in [4.69, 9.17) is 4.74 Å². The predicted molar refractivity (Wildman–Crippen MR) is 78.2 cm³/mol. The molecule has 0 aliphatic rings. The van der Waals surface area contributed by atoms with Gasteiger partial charge in [-0.2, -0.15) is 0 Å². The molecule has 1 aromatic carbocycles. The molecule has 3 nitrogen and oxygen atoms in total. The van der Waals surface area contributed by atoms with Crippen molar-refractivity contribution in [3.63, 3.8) is 0 Å². The van der Waals surface area contributed by atoms with Crippen molar-refractivity contribution in [1.82, 2.24) is 4.98 Å². The van der Waals surface area contributed by atoms with E-state index in [1.54, 1.807) is 6.20 Å². The van der Waals surface area contributed by atoms with Gasteiger partial charge in [0, 0.05) is 19.9 Å². The first-order valence-electron chi connectivity index (χ1n) is 6.63. The van der Waals surface area contributed by atoms with Crippen LogP contribution in [0, 0.1) is 0 Å². The topological polar surface area (TPSA) is 34.1 Å². The van der Waals surface area contributed by atoms with Gasteiger partial charge in [0.1, 0.15) is 5.82 Å². The Morgan fingerprint density at radius 1 is 1.11 bits per heavy atom. The summed E-state index contributed by atoms with van der Waals surface area (Å²) in [6.07, 6.45) is 3.92. The molecule has 0 saturated heterocycles. The highest BCUT2D eigenvalue weighted by Gasteiger charge is 1.97. The Balaban J connectivity index is 1.66. The maximum absolute atomic E-state index is 5.69. The highest BCUT2D eigenvalue weighted by Crippen LogP contribution is 2.08. The first-order valence-corrected chi connectivity index (χ1v) is 6.63.